The number of anilines is 1. The number of rotatable bonds is 4. The van der Waals surface area contributed by atoms with Crippen LogP contribution >= 0.6 is 11.6 Å². The van der Waals surface area contributed by atoms with E-state index in [1.807, 2.05) is 6.92 Å². The Morgan fingerprint density at radius 1 is 1.59 bits per heavy atom. The van der Waals surface area contributed by atoms with E-state index in [1.54, 1.807) is 19.1 Å². The predicted octanol–water partition coefficient (Wildman–Crippen LogP) is 1.81. The summed E-state index contributed by atoms with van der Waals surface area (Å²) in [6.45, 7) is 3.56. The topological polar surface area (TPSA) is 75.3 Å². The van der Waals surface area contributed by atoms with Crippen LogP contribution in [0.25, 0.3) is 0 Å². The Labute approximate surface area is 106 Å². The van der Waals surface area contributed by atoms with Crippen molar-refractivity contribution >= 4 is 23.2 Å². The average Bonchev–Trinajstić information content (AvgIpc) is 2.32. The molecule has 0 saturated heterocycles. The van der Waals surface area contributed by atoms with Crippen LogP contribution in [0.1, 0.15) is 30.6 Å². The number of benzene rings is 1. The smallest absolute Gasteiger partial charge is 0.251 e. The van der Waals surface area contributed by atoms with Crippen molar-refractivity contribution in [2.45, 2.75) is 25.8 Å². The number of nitrogens with one attached hydrogen (secondary N) is 1. The van der Waals surface area contributed by atoms with Gasteiger partial charge < -0.3 is 16.2 Å². The first-order valence-corrected chi connectivity index (χ1v) is 5.78. The number of aliphatic hydroxyl groups is 1. The molecule has 0 fully saturated rings. The molecule has 1 aromatic rings. The molecule has 0 spiro atoms. The van der Waals surface area contributed by atoms with Gasteiger partial charge in [0, 0.05) is 5.56 Å². The summed E-state index contributed by atoms with van der Waals surface area (Å²) in [5.41, 5.74) is 5.80. The molecule has 1 aromatic carbocycles. The number of nitrogen functional groups attached to an aromatic ring is 1. The van der Waals surface area contributed by atoms with Crippen LogP contribution in [0.3, 0.4) is 0 Å². The van der Waals surface area contributed by atoms with Gasteiger partial charge in [-0.2, -0.15) is 0 Å². The van der Waals surface area contributed by atoms with Gasteiger partial charge in [0.05, 0.1) is 22.9 Å². The van der Waals surface area contributed by atoms with Gasteiger partial charge in [-0.1, -0.05) is 18.5 Å². The fraction of sp³-hybridized carbons (Fsp3) is 0.417. The molecule has 1 rings (SSSR count). The first-order chi connectivity index (χ1) is 7.91. The van der Waals surface area contributed by atoms with Crippen molar-refractivity contribution in [2.75, 3.05) is 12.3 Å². The van der Waals surface area contributed by atoms with E-state index in [-0.39, 0.29) is 12.5 Å². The number of amides is 1. The molecular weight excluding hydrogens is 240 g/mol. The standard InChI is InChI=1S/C12H17ClN2O2/c1-3-12(2,7-16)15-11(17)8-4-5-9(13)10(14)6-8/h4-6,16H,3,7,14H2,1-2H3,(H,15,17). The predicted molar refractivity (Wildman–Crippen MR) is 69.1 cm³/mol. The maximum absolute atomic E-state index is 11.9. The SMILES string of the molecule is CCC(C)(CO)NC(=O)c1ccc(Cl)c(N)c1. The summed E-state index contributed by atoms with van der Waals surface area (Å²) in [5.74, 6) is -0.272. The number of carbonyl (C=O) groups is 1. The average molecular weight is 257 g/mol. The summed E-state index contributed by atoms with van der Waals surface area (Å²) in [4.78, 5) is 11.9. The lowest BCUT2D eigenvalue weighted by atomic mass is 9.99. The highest BCUT2D eigenvalue weighted by Crippen LogP contribution is 2.20. The van der Waals surface area contributed by atoms with Gasteiger partial charge in [-0.3, -0.25) is 4.79 Å². The second-order valence-corrected chi connectivity index (χ2v) is 4.67. The third-order valence-corrected chi connectivity index (χ3v) is 3.15. The van der Waals surface area contributed by atoms with Crippen LogP contribution in [0.2, 0.25) is 5.02 Å². The van der Waals surface area contributed by atoms with Crippen molar-refractivity contribution in [1.29, 1.82) is 0 Å². The Morgan fingerprint density at radius 3 is 2.71 bits per heavy atom. The molecule has 1 amide bonds. The summed E-state index contributed by atoms with van der Waals surface area (Å²) in [5, 5.41) is 12.4. The quantitative estimate of drug-likeness (QED) is 0.720. The first kappa shape index (κ1) is 13.8. The highest BCUT2D eigenvalue weighted by atomic mass is 35.5. The normalized spacial score (nSPS) is 14.1. The van der Waals surface area contributed by atoms with Gasteiger partial charge >= 0.3 is 0 Å². The van der Waals surface area contributed by atoms with Crippen LogP contribution in [0.4, 0.5) is 5.69 Å². The van der Waals surface area contributed by atoms with Crippen molar-refractivity contribution in [2.24, 2.45) is 0 Å². The van der Waals surface area contributed by atoms with Gasteiger partial charge in [0.2, 0.25) is 0 Å². The van der Waals surface area contributed by atoms with Gasteiger partial charge in [0.15, 0.2) is 0 Å². The Kier molecular flexibility index (Phi) is 4.37. The molecule has 94 valence electrons. The van der Waals surface area contributed by atoms with E-state index in [4.69, 9.17) is 17.3 Å². The molecule has 4 nitrogen and oxygen atoms in total. The van der Waals surface area contributed by atoms with Crippen LogP contribution in [0.15, 0.2) is 18.2 Å². The minimum absolute atomic E-state index is 0.113. The molecule has 4 N–H and O–H groups in total. The number of hydrogen-bond donors (Lipinski definition) is 3. The Balaban J connectivity index is 2.86. The van der Waals surface area contributed by atoms with Crippen molar-refractivity contribution in [1.82, 2.24) is 5.32 Å². The molecule has 0 aliphatic rings. The van der Waals surface area contributed by atoms with E-state index in [0.29, 0.717) is 22.7 Å². The molecule has 0 aliphatic carbocycles. The second-order valence-electron chi connectivity index (χ2n) is 4.26. The zero-order chi connectivity index (χ0) is 13.1. The van der Waals surface area contributed by atoms with Gasteiger partial charge in [-0.15, -0.1) is 0 Å². The minimum atomic E-state index is -0.620. The molecule has 1 unspecified atom stereocenters. The highest BCUT2D eigenvalue weighted by Gasteiger charge is 2.23. The summed E-state index contributed by atoms with van der Waals surface area (Å²) in [7, 11) is 0. The van der Waals surface area contributed by atoms with Gasteiger partial charge in [0.25, 0.3) is 5.91 Å². The largest absolute Gasteiger partial charge is 0.398 e. The number of halogens is 1. The lowest BCUT2D eigenvalue weighted by Gasteiger charge is -2.27. The minimum Gasteiger partial charge on any atom is -0.398 e. The number of carbonyl (C=O) groups excluding carboxylic acids is 1. The van der Waals surface area contributed by atoms with Gasteiger partial charge in [-0.25, -0.2) is 0 Å². The van der Waals surface area contributed by atoms with Crippen LogP contribution in [-0.4, -0.2) is 23.2 Å². The zero-order valence-corrected chi connectivity index (χ0v) is 10.7. The fourth-order valence-electron chi connectivity index (χ4n) is 1.27. The van der Waals surface area contributed by atoms with Gasteiger partial charge in [-0.05, 0) is 31.5 Å². The molecule has 0 bridgehead atoms. The maximum Gasteiger partial charge on any atom is 0.251 e. The molecular formula is C12H17ClN2O2. The van der Waals surface area contributed by atoms with E-state index in [9.17, 15) is 9.90 Å². The van der Waals surface area contributed by atoms with Crippen LogP contribution in [-0.2, 0) is 0 Å². The molecule has 5 heteroatoms. The van der Waals surface area contributed by atoms with Crippen molar-refractivity contribution in [3.63, 3.8) is 0 Å². The third-order valence-electron chi connectivity index (χ3n) is 2.80. The summed E-state index contributed by atoms with van der Waals surface area (Å²) < 4.78 is 0. The Bertz CT molecular complexity index is 417. The van der Waals surface area contributed by atoms with Crippen molar-refractivity contribution < 1.29 is 9.90 Å². The summed E-state index contributed by atoms with van der Waals surface area (Å²) in [6, 6.07) is 4.70. The highest BCUT2D eigenvalue weighted by molar-refractivity contribution is 6.33. The second kappa shape index (κ2) is 5.38. The fourth-order valence-corrected chi connectivity index (χ4v) is 1.39. The number of hydrogen-bond acceptors (Lipinski definition) is 3. The Morgan fingerprint density at radius 2 is 2.24 bits per heavy atom. The van der Waals surface area contributed by atoms with E-state index in [0.717, 1.165) is 0 Å². The molecule has 17 heavy (non-hydrogen) atoms. The van der Waals surface area contributed by atoms with Crippen LogP contribution in [0.5, 0.6) is 0 Å². The monoisotopic (exact) mass is 256 g/mol. The molecule has 0 aliphatic heterocycles. The molecule has 0 saturated carbocycles. The summed E-state index contributed by atoms with van der Waals surface area (Å²) >= 11 is 5.78. The lowest BCUT2D eigenvalue weighted by Crippen LogP contribution is -2.48. The molecule has 0 aromatic heterocycles. The molecule has 1 atom stereocenters. The van der Waals surface area contributed by atoms with E-state index < -0.39 is 5.54 Å². The van der Waals surface area contributed by atoms with Crippen LogP contribution in [0, 0.1) is 0 Å². The lowest BCUT2D eigenvalue weighted by molar-refractivity contribution is 0.0847. The molecule has 0 radical (unpaired) electrons. The van der Waals surface area contributed by atoms with Crippen LogP contribution < -0.4 is 11.1 Å². The third kappa shape index (κ3) is 3.35. The number of aliphatic hydroxyl groups excluding tert-OH is 1. The zero-order valence-electron chi connectivity index (χ0n) is 9.96. The maximum atomic E-state index is 11.9. The molecule has 0 heterocycles. The number of nitrogens with two attached hydrogens (primary N) is 1. The Hall–Kier alpha value is -1.26. The van der Waals surface area contributed by atoms with E-state index in [1.165, 1.54) is 6.07 Å². The van der Waals surface area contributed by atoms with E-state index >= 15 is 0 Å². The van der Waals surface area contributed by atoms with Crippen molar-refractivity contribution in [3.05, 3.63) is 28.8 Å². The van der Waals surface area contributed by atoms with E-state index in [2.05, 4.69) is 5.32 Å². The first-order valence-electron chi connectivity index (χ1n) is 5.40. The van der Waals surface area contributed by atoms with Gasteiger partial charge in [0.1, 0.15) is 0 Å². The van der Waals surface area contributed by atoms with Crippen molar-refractivity contribution in [3.8, 4) is 0 Å². The summed E-state index contributed by atoms with van der Waals surface area (Å²) in [6.07, 6.45) is 0.637.